The SMILES string of the molecule is COC(=O)[C@]1(C)C[C@H](C)N([C@H]2O[C@H]([C@H]3COC(C)(C)O3)[C@@H]3OC(C)(C)O[C@@H]32)O1. The largest absolute Gasteiger partial charge is 0.467 e. The maximum Gasteiger partial charge on any atom is 0.340 e. The van der Waals surface area contributed by atoms with Gasteiger partial charge in [0.05, 0.1) is 13.7 Å². The Hall–Kier alpha value is -0.810. The van der Waals surface area contributed by atoms with E-state index in [1.165, 1.54) is 7.11 Å². The molecule has 0 aliphatic carbocycles. The Morgan fingerprint density at radius 1 is 1.00 bits per heavy atom. The van der Waals surface area contributed by atoms with Crippen LogP contribution in [0.2, 0.25) is 0 Å². The molecule has 0 amide bonds. The highest BCUT2D eigenvalue weighted by atomic mass is 16.8. The first kappa shape index (κ1) is 20.5. The van der Waals surface area contributed by atoms with E-state index < -0.39 is 29.4 Å². The molecule has 28 heavy (non-hydrogen) atoms. The van der Waals surface area contributed by atoms with Crippen molar-refractivity contribution in [2.75, 3.05) is 13.7 Å². The number of esters is 1. The van der Waals surface area contributed by atoms with Crippen LogP contribution in [0.15, 0.2) is 0 Å². The van der Waals surface area contributed by atoms with E-state index in [0.29, 0.717) is 13.0 Å². The zero-order chi connectivity index (χ0) is 20.5. The highest BCUT2D eigenvalue weighted by Crippen LogP contribution is 2.45. The van der Waals surface area contributed by atoms with Crippen LogP contribution in [0.4, 0.5) is 0 Å². The summed E-state index contributed by atoms with van der Waals surface area (Å²) in [4.78, 5) is 18.3. The van der Waals surface area contributed by atoms with Crippen molar-refractivity contribution in [2.24, 2.45) is 0 Å². The third-order valence-corrected chi connectivity index (χ3v) is 5.76. The molecule has 4 fully saturated rings. The molecule has 4 aliphatic heterocycles. The minimum atomic E-state index is -1.06. The summed E-state index contributed by atoms with van der Waals surface area (Å²) in [5.74, 6) is -1.83. The van der Waals surface area contributed by atoms with E-state index in [1.807, 2.05) is 34.6 Å². The van der Waals surface area contributed by atoms with Crippen LogP contribution in [0.25, 0.3) is 0 Å². The van der Waals surface area contributed by atoms with E-state index in [2.05, 4.69) is 0 Å². The van der Waals surface area contributed by atoms with Gasteiger partial charge in [-0.05, 0) is 41.5 Å². The second-order valence-electron chi connectivity index (χ2n) is 9.15. The normalized spacial score (nSPS) is 47.4. The molecule has 0 N–H and O–H groups in total. The van der Waals surface area contributed by atoms with Crippen molar-refractivity contribution in [1.29, 1.82) is 0 Å². The summed E-state index contributed by atoms with van der Waals surface area (Å²) in [5.41, 5.74) is -1.06. The van der Waals surface area contributed by atoms with Crippen LogP contribution in [-0.2, 0) is 38.1 Å². The van der Waals surface area contributed by atoms with Gasteiger partial charge in [-0.3, -0.25) is 4.84 Å². The van der Waals surface area contributed by atoms with Crippen LogP contribution >= 0.6 is 0 Å². The van der Waals surface area contributed by atoms with Crippen molar-refractivity contribution >= 4 is 5.97 Å². The second-order valence-corrected chi connectivity index (χ2v) is 9.15. The second kappa shape index (κ2) is 6.60. The molecule has 4 heterocycles. The minimum absolute atomic E-state index is 0.0713. The fourth-order valence-electron chi connectivity index (χ4n) is 4.64. The Kier molecular flexibility index (Phi) is 4.82. The summed E-state index contributed by atoms with van der Waals surface area (Å²) < 4.78 is 35.3. The molecule has 4 rings (SSSR count). The molecule has 0 bridgehead atoms. The Morgan fingerprint density at radius 3 is 2.29 bits per heavy atom. The number of hydrogen-bond acceptors (Lipinski definition) is 9. The van der Waals surface area contributed by atoms with Crippen LogP contribution in [0.5, 0.6) is 0 Å². The standard InChI is InChI=1S/C19H31NO8/c1-10-8-19(6,16(21)22-7)28-20(10)15-14-13(26-18(4,5)27-14)12(24-15)11-9-23-17(2,3)25-11/h10-15H,8-9H2,1-7H3/t10-,11+,12+,13-,14-,15-,19-/m0/s1. The van der Waals surface area contributed by atoms with E-state index in [9.17, 15) is 4.79 Å². The van der Waals surface area contributed by atoms with Crippen molar-refractivity contribution in [3.05, 3.63) is 0 Å². The third-order valence-electron chi connectivity index (χ3n) is 5.76. The van der Waals surface area contributed by atoms with E-state index in [-0.39, 0.29) is 30.5 Å². The van der Waals surface area contributed by atoms with Crippen LogP contribution < -0.4 is 0 Å². The van der Waals surface area contributed by atoms with E-state index >= 15 is 0 Å². The first-order valence-corrected chi connectivity index (χ1v) is 9.83. The van der Waals surface area contributed by atoms with Crippen molar-refractivity contribution in [1.82, 2.24) is 5.06 Å². The van der Waals surface area contributed by atoms with Gasteiger partial charge >= 0.3 is 5.97 Å². The summed E-state index contributed by atoms with van der Waals surface area (Å²) in [5, 5.41) is 1.71. The topological polar surface area (TPSA) is 84.9 Å². The summed E-state index contributed by atoms with van der Waals surface area (Å²) >= 11 is 0. The van der Waals surface area contributed by atoms with Gasteiger partial charge in [-0.1, -0.05) is 0 Å². The molecule has 0 saturated carbocycles. The van der Waals surface area contributed by atoms with Crippen LogP contribution in [-0.4, -0.2) is 78.6 Å². The maximum absolute atomic E-state index is 12.2. The third kappa shape index (κ3) is 3.36. The fourth-order valence-corrected chi connectivity index (χ4v) is 4.64. The van der Waals surface area contributed by atoms with Gasteiger partial charge in [0.15, 0.2) is 23.4 Å². The minimum Gasteiger partial charge on any atom is -0.467 e. The number of rotatable bonds is 3. The van der Waals surface area contributed by atoms with Gasteiger partial charge in [0.25, 0.3) is 0 Å². The number of carbonyl (C=O) groups is 1. The van der Waals surface area contributed by atoms with Crippen molar-refractivity contribution in [3.8, 4) is 0 Å². The monoisotopic (exact) mass is 401 g/mol. The van der Waals surface area contributed by atoms with Gasteiger partial charge in [-0.2, -0.15) is 5.06 Å². The number of ether oxygens (including phenoxy) is 6. The Balaban J connectivity index is 1.57. The van der Waals surface area contributed by atoms with Gasteiger partial charge in [-0.25, -0.2) is 4.79 Å². The average molecular weight is 401 g/mol. The molecule has 160 valence electrons. The van der Waals surface area contributed by atoms with Gasteiger partial charge in [0, 0.05) is 12.5 Å². The molecule has 0 aromatic rings. The molecule has 0 aromatic carbocycles. The highest BCUT2D eigenvalue weighted by molar-refractivity contribution is 5.79. The number of fused-ring (bicyclic) bond motifs is 1. The van der Waals surface area contributed by atoms with Crippen LogP contribution in [0, 0.1) is 0 Å². The molecule has 9 heteroatoms. The van der Waals surface area contributed by atoms with E-state index in [0.717, 1.165) is 0 Å². The predicted octanol–water partition coefficient (Wildman–Crippen LogP) is 1.34. The van der Waals surface area contributed by atoms with E-state index in [1.54, 1.807) is 12.0 Å². The predicted molar refractivity (Wildman–Crippen MR) is 94.8 cm³/mol. The number of methoxy groups -OCH3 is 1. The summed E-state index contributed by atoms with van der Waals surface area (Å²) in [6.07, 6.45) is -1.42. The van der Waals surface area contributed by atoms with Crippen molar-refractivity contribution in [2.45, 2.75) is 102 Å². The summed E-state index contributed by atoms with van der Waals surface area (Å²) in [6.45, 7) is 11.6. The number of carbonyl (C=O) groups excluding carboxylic acids is 1. The zero-order valence-corrected chi connectivity index (χ0v) is 17.6. The smallest absolute Gasteiger partial charge is 0.340 e. The number of nitrogens with zero attached hydrogens (tertiary/aromatic N) is 1. The Morgan fingerprint density at radius 2 is 1.68 bits per heavy atom. The first-order valence-electron chi connectivity index (χ1n) is 9.83. The fraction of sp³-hybridized carbons (Fsp3) is 0.947. The number of hydroxylamine groups is 2. The van der Waals surface area contributed by atoms with E-state index in [4.69, 9.17) is 33.3 Å². The van der Waals surface area contributed by atoms with Gasteiger partial charge in [-0.15, -0.1) is 0 Å². The lowest BCUT2D eigenvalue weighted by Gasteiger charge is -2.32. The lowest BCUT2D eigenvalue weighted by molar-refractivity contribution is -0.302. The van der Waals surface area contributed by atoms with Crippen molar-refractivity contribution in [3.63, 3.8) is 0 Å². The molecular weight excluding hydrogens is 370 g/mol. The lowest BCUT2D eigenvalue weighted by Crippen LogP contribution is -2.46. The first-order chi connectivity index (χ1) is 12.9. The lowest BCUT2D eigenvalue weighted by atomic mass is 9.99. The molecule has 7 atom stereocenters. The molecular formula is C19H31NO8. The molecule has 9 nitrogen and oxygen atoms in total. The summed E-state index contributed by atoms with van der Waals surface area (Å²) in [6, 6.07) is -0.0713. The molecule has 0 spiro atoms. The maximum atomic E-state index is 12.2. The molecule has 4 saturated heterocycles. The van der Waals surface area contributed by atoms with Crippen LogP contribution in [0.3, 0.4) is 0 Å². The quantitative estimate of drug-likeness (QED) is 0.650. The molecule has 0 unspecified atom stereocenters. The summed E-state index contributed by atoms with van der Waals surface area (Å²) in [7, 11) is 1.36. The van der Waals surface area contributed by atoms with Crippen molar-refractivity contribution < 1.29 is 38.1 Å². The molecule has 4 aliphatic rings. The van der Waals surface area contributed by atoms with Gasteiger partial charge < -0.3 is 28.4 Å². The number of hydrogen-bond donors (Lipinski definition) is 0. The van der Waals surface area contributed by atoms with Crippen LogP contribution in [0.1, 0.15) is 48.0 Å². The molecule has 0 radical (unpaired) electrons. The highest BCUT2D eigenvalue weighted by Gasteiger charge is 2.63. The molecule has 0 aromatic heterocycles. The zero-order valence-electron chi connectivity index (χ0n) is 17.6. The van der Waals surface area contributed by atoms with Gasteiger partial charge in [0.2, 0.25) is 0 Å². The average Bonchev–Trinajstić information content (AvgIpc) is 3.28. The van der Waals surface area contributed by atoms with Gasteiger partial charge in [0.1, 0.15) is 24.4 Å². The Labute approximate surface area is 165 Å². The Bertz CT molecular complexity index is 639.